The van der Waals surface area contributed by atoms with Crippen molar-refractivity contribution >= 4 is 40.1 Å². The number of methoxy groups -OCH3 is 1. The highest BCUT2D eigenvalue weighted by Gasteiger charge is 2.09. The molecule has 0 radical (unpaired) electrons. The van der Waals surface area contributed by atoms with Gasteiger partial charge in [0.15, 0.2) is 5.58 Å². The highest BCUT2D eigenvalue weighted by atomic mass is 35.5. The Balaban J connectivity index is 1.98. The van der Waals surface area contributed by atoms with Crippen molar-refractivity contribution in [2.75, 3.05) is 18.2 Å². The maximum absolute atomic E-state index is 5.98. The molecule has 0 aliphatic carbocycles. The molecule has 0 saturated carbocycles. The molecule has 1 heterocycles. The molecule has 3 rings (SSSR count). The Morgan fingerprint density at radius 3 is 2.90 bits per heavy atom. The smallest absolute Gasteiger partial charge is 0.300 e. The van der Waals surface area contributed by atoms with Crippen LogP contribution in [0.4, 0.5) is 17.4 Å². The van der Waals surface area contributed by atoms with Crippen LogP contribution in [0.15, 0.2) is 40.8 Å². The van der Waals surface area contributed by atoms with Gasteiger partial charge < -0.3 is 20.2 Å². The molecule has 0 bridgehead atoms. The van der Waals surface area contributed by atoms with Crippen LogP contribution in [0.3, 0.4) is 0 Å². The molecule has 0 aliphatic heterocycles. The quantitative estimate of drug-likeness (QED) is 0.717. The summed E-state index contributed by atoms with van der Waals surface area (Å²) in [4.78, 5) is 4.32. The number of rotatable bonds is 3. The Kier molecular flexibility index (Phi) is 3.12. The topological polar surface area (TPSA) is 73.3 Å². The van der Waals surface area contributed by atoms with E-state index < -0.39 is 0 Å². The maximum Gasteiger partial charge on any atom is 0.300 e. The van der Waals surface area contributed by atoms with Crippen molar-refractivity contribution in [3.63, 3.8) is 0 Å². The average Bonchev–Trinajstić information content (AvgIpc) is 2.80. The summed E-state index contributed by atoms with van der Waals surface area (Å²) in [5.74, 6) is 0.649. The first-order chi connectivity index (χ1) is 9.65. The van der Waals surface area contributed by atoms with Gasteiger partial charge in [0.05, 0.1) is 12.8 Å². The van der Waals surface area contributed by atoms with Gasteiger partial charge in [-0.3, -0.25) is 0 Å². The van der Waals surface area contributed by atoms with E-state index >= 15 is 0 Å². The van der Waals surface area contributed by atoms with Crippen molar-refractivity contribution in [3.8, 4) is 5.75 Å². The van der Waals surface area contributed by atoms with Crippen LogP contribution in [-0.4, -0.2) is 12.1 Å². The lowest BCUT2D eigenvalue weighted by atomic mass is 10.3. The van der Waals surface area contributed by atoms with E-state index in [1.54, 1.807) is 43.5 Å². The average molecular weight is 290 g/mol. The van der Waals surface area contributed by atoms with Gasteiger partial charge in [0.25, 0.3) is 6.01 Å². The van der Waals surface area contributed by atoms with Crippen molar-refractivity contribution in [1.29, 1.82) is 0 Å². The van der Waals surface area contributed by atoms with Crippen LogP contribution in [0.2, 0.25) is 5.02 Å². The fourth-order valence-corrected chi connectivity index (χ4v) is 2.06. The zero-order chi connectivity index (χ0) is 14.1. The van der Waals surface area contributed by atoms with Crippen LogP contribution in [-0.2, 0) is 0 Å². The molecular formula is C14H12ClN3O2. The van der Waals surface area contributed by atoms with Gasteiger partial charge in [-0.2, -0.15) is 4.98 Å². The van der Waals surface area contributed by atoms with Crippen molar-refractivity contribution in [3.05, 3.63) is 41.4 Å². The molecule has 0 fully saturated rings. The number of hydrogen-bond donors (Lipinski definition) is 2. The Morgan fingerprint density at radius 1 is 1.25 bits per heavy atom. The summed E-state index contributed by atoms with van der Waals surface area (Å²) in [5, 5.41) is 3.64. The third kappa shape index (κ3) is 2.35. The molecule has 0 saturated heterocycles. The Morgan fingerprint density at radius 2 is 2.10 bits per heavy atom. The molecule has 0 aliphatic rings. The first kappa shape index (κ1) is 12.6. The molecule has 0 atom stereocenters. The summed E-state index contributed by atoms with van der Waals surface area (Å²) in [7, 11) is 1.58. The molecule has 20 heavy (non-hydrogen) atoms. The van der Waals surface area contributed by atoms with Crippen LogP contribution in [0.5, 0.6) is 5.75 Å². The van der Waals surface area contributed by atoms with Crippen molar-refractivity contribution in [2.24, 2.45) is 0 Å². The summed E-state index contributed by atoms with van der Waals surface area (Å²) in [6, 6.07) is 10.9. The number of aromatic nitrogens is 1. The number of ether oxygens (including phenoxy) is 1. The fourth-order valence-electron chi connectivity index (χ4n) is 1.89. The lowest BCUT2D eigenvalue weighted by molar-refractivity contribution is 0.416. The molecule has 5 nitrogen and oxygen atoms in total. The minimum Gasteiger partial charge on any atom is -0.495 e. The van der Waals surface area contributed by atoms with Crippen LogP contribution < -0.4 is 15.8 Å². The van der Waals surface area contributed by atoms with Crippen LogP contribution in [0, 0.1) is 0 Å². The fraction of sp³-hybridized carbons (Fsp3) is 0.0714. The molecule has 0 spiro atoms. The minimum absolute atomic E-state index is 0.353. The summed E-state index contributed by atoms with van der Waals surface area (Å²) in [6.07, 6.45) is 0. The van der Waals surface area contributed by atoms with E-state index in [0.717, 1.165) is 5.52 Å². The summed E-state index contributed by atoms with van der Waals surface area (Å²) < 4.78 is 10.8. The summed E-state index contributed by atoms with van der Waals surface area (Å²) in [5.41, 5.74) is 8.35. The van der Waals surface area contributed by atoms with Gasteiger partial charge in [-0.05, 0) is 30.3 Å². The van der Waals surface area contributed by atoms with E-state index in [-0.39, 0.29) is 0 Å². The Hall–Kier alpha value is -2.40. The maximum atomic E-state index is 5.98. The molecule has 1 aromatic heterocycles. The van der Waals surface area contributed by atoms with Gasteiger partial charge in [-0.15, -0.1) is 0 Å². The largest absolute Gasteiger partial charge is 0.495 e. The lowest BCUT2D eigenvalue weighted by Gasteiger charge is -2.08. The zero-order valence-corrected chi connectivity index (χ0v) is 11.4. The Bertz CT molecular complexity index is 770. The van der Waals surface area contributed by atoms with Gasteiger partial charge in [0, 0.05) is 16.8 Å². The molecule has 0 unspecified atom stereocenters. The van der Waals surface area contributed by atoms with Crippen LogP contribution in [0.25, 0.3) is 11.1 Å². The van der Waals surface area contributed by atoms with Crippen molar-refractivity contribution in [1.82, 2.24) is 4.98 Å². The predicted molar refractivity (Wildman–Crippen MR) is 79.7 cm³/mol. The molecular weight excluding hydrogens is 278 g/mol. The van der Waals surface area contributed by atoms with Gasteiger partial charge >= 0.3 is 0 Å². The number of hydrogen-bond acceptors (Lipinski definition) is 5. The van der Waals surface area contributed by atoms with Gasteiger partial charge in [0.1, 0.15) is 11.3 Å². The van der Waals surface area contributed by atoms with Crippen LogP contribution >= 0.6 is 11.6 Å². The summed E-state index contributed by atoms with van der Waals surface area (Å²) in [6.45, 7) is 0. The molecule has 6 heteroatoms. The second-order valence-corrected chi connectivity index (χ2v) is 4.65. The van der Waals surface area contributed by atoms with E-state index in [1.807, 2.05) is 0 Å². The number of nitrogens with zero attached hydrogens (tertiary/aromatic N) is 1. The number of halogens is 1. The Labute approximate surface area is 120 Å². The van der Waals surface area contributed by atoms with Crippen molar-refractivity contribution < 1.29 is 9.15 Å². The van der Waals surface area contributed by atoms with Gasteiger partial charge in [-0.1, -0.05) is 11.6 Å². The highest BCUT2D eigenvalue weighted by Crippen LogP contribution is 2.31. The zero-order valence-electron chi connectivity index (χ0n) is 10.7. The number of oxazole rings is 1. The third-order valence-electron chi connectivity index (χ3n) is 2.82. The van der Waals surface area contributed by atoms with Crippen molar-refractivity contribution in [2.45, 2.75) is 0 Å². The minimum atomic E-state index is 0.353. The first-order valence-corrected chi connectivity index (χ1v) is 6.30. The second-order valence-electron chi connectivity index (χ2n) is 4.22. The molecule has 3 N–H and O–H groups in total. The van der Waals surface area contributed by atoms with Gasteiger partial charge in [-0.25, -0.2) is 0 Å². The monoisotopic (exact) mass is 289 g/mol. The third-order valence-corrected chi connectivity index (χ3v) is 3.05. The summed E-state index contributed by atoms with van der Waals surface area (Å²) >= 11 is 5.98. The van der Waals surface area contributed by atoms with Gasteiger partial charge in [0.2, 0.25) is 0 Å². The van der Waals surface area contributed by atoms with E-state index in [2.05, 4.69) is 10.3 Å². The number of benzene rings is 2. The SMILES string of the molecule is COc1ccc(Cl)cc1Nc1nc2ccc(N)cc2o1. The van der Waals surface area contributed by atoms with E-state index in [4.69, 9.17) is 26.5 Å². The van der Waals surface area contributed by atoms with E-state index in [1.165, 1.54) is 0 Å². The predicted octanol–water partition coefficient (Wildman–Crippen LogP) is 3.82. The number of nitrogens with two attached hydrogens (primary N) is 1. The first-order valence-electron chi connectivity index (χ1n) is 5.92. The molecule has 0 amide bonds. The second kappa shape index (κ2) is 4.94. The molecule has 2 aromatic carbocycles. The standard InChI is InChI=1S/C14H12ClN3O2/c1-19-12-5-2-8(15)6-11(12)18-14-17-10-4-3-9(16)7-13(10)20-14/h2-7H,16H2,1H3,(H,17,18). The van der Waals surface area contributed by atoms with E-state index in [0.29, 0.717) is 33.7 Å². The van der Waals surface area contributed by atoms with Crippen LogP contribution in [0.1, 0.15) is 0 Å². The number of nitrogens with one attached hydrogen (secondary N) is 1. The number of nitrogen functional groups attached to an aromatic ring is 1. The molecule has 102 valence electrons. The lowest BCUT2D eigenvalue weighted by Crippen LogP contribution is -1.94. The normalized spacial score (nSPS) is 10.7. The molecule has 3 aromatic rings. The number of fused-ring (bicyclic) bond motifs is 1. The van der Waals surface area contributed by atoms with E-state index in [9.17, 15) is 0 Å². The highest BCUT2D eigenvalue weighted by molar-refractivity contribution is 6.31. The number of anilines is 3.